The number of hydrogen-bond donors (Lipinski definition) is 1. The monoisotopic (exact) mass is 330 g/mol. The summed E-state index contributed by atoms with van der Waals surface area (Å²) in [6.45, 7) is 12.5. The molecule has 130 valence electrons. The van der Waals surface area contributed by atoms with E-state index in [0.29, 0.717) is 18.0 Å². The van der Waals surface area contributed by atoms with Gasteiger partial charge in [0.2, 0.25) is 0 Å². The van der Waals surface area contributed by atoms with Crippen molar-refractivity contribution in [1.82, 2.24) is 9.78 Å². The van der Waals surface area contributed by atoms with Crippen molar-refractivity contribution in [2.24, 2.45) is 0 Å². The largest absolute Gasteiger partial charge is 0.492 e. The van der Waals surface area contributed by atoms with Gasteiger partial charge in [0.05, 0.1) is 13.7 Å². The third kappa shape index (κ3) is 3.30. The number of ether oxygens (including phenoxy) is 1. The van der Waals surface area contributed by atoms with Gasteiger partial charge in [0.1, 0.15) is 5.69 Å². The average Bonchev–Trinajstić information content (AvgIpc) is 2.81. The molecule has 1 aromatic carbocycles. The van der Waals surface area contributed by atoms with E-state index in [0.717, 1.165) is 16.7 Å². The Kier molecular flexibility index (Phi) is 4.74. The van der Waals surface area contributed by atoms with Crippen LogP contribution >= 0.6 is 0 Å². The van der Waals surface area contributed by atoms with Gasteiger partial charge in [-0.2, -0.15) is 5.10 Å². The molecule has 0 unspecified atom stereocenters. The van der Waals surface area contributed by atoms with Crippen LogP contribution in [-0.4, -0.2) is 28.0 Å². The van der Waals surface area contributed by atoms with Crippen LogP contribution in [0.25, 0.3) is 0 Å². The van der Waals surface area contributed by atoms with Gasteiger partial charge in [0.15, 0.2) is 11.4 Å². The minimum absolute atomic E-state index is 0.0989. The van der Waals surface area contributed by atoms with Crippen LogP contribution in [0.1, 0.15) is 59.2 Å². The summed E-state index contributed by atoms with van der Waals surface area (Å²) >= 11 is 0. The molecule has 0 aliphatic rings. The number of carboxylic acids is 1. The summed E-state index contributed by atoms with van der Waals surface area (Å²) in [5, 5.41) is 14.3. The highest BCUT2D eigenvalue weighted by Gasteiger charge is 2.31. The minimum Gasteiger partial charge on any atom is -0.492 e. The predicted molar refractivity (Wildman–Crippen MR) is 94.2 cm³/mol. The van der Waals surface area contributed by atoms with E-state index in [1.54, 1.807) is 4.68 Å². The van der Waals surface area contributed by atoms with Crippen molar-refractivity contribution < 1.29 is 14.6 Å². The van der Waals surface area contributed by atoms with Crippen LogP contribution in [0.3, 0.4) is 0 Å². The number of aromatic carboxylic acids is 1. The second-order valence-corrected chi connectivity index (χ2v) is 7.32. The maximum atomic E-state index is 11.8. The summed E-state index contributed by atoms with van der Waals surface area (Å²) in [5.41, 5.74) is 5.00. The third-order valence-electron chi connectivity index (χ3n) is 4.17. The van der Waals surface area contributed by atoms with Gasteiger partial charge >= 0.3 is 5.97 Å². The van der Waals surface area contributed by atoms with Crippen LogP contribution in [0, 0.1) is 20.8 Å². The van der Waals surface area contributed by atoms with E-state index in [4.69, 9.17) is 4.74 Å². The number of rotatable bonds is 4. The zero-order valence-corrected chi connectivity index (χ0v) is 15.5. The molecule has 0 saturated carbocycles. The Morgan fingerprint density at radius 1 is 1.21 bits per heavy atom. The Morgan fingerprint density at radius 3 is 2.17 bits per heavy atom. The van der Waals surface area contributed by atoms with Crippen molar-refractivity contribution in [3.63, 3.8) is 0 Å². The zero-order valence-electron chi connectivity index (χ0n) is 15.5. The Hall–Kier alpha value is -2.30. The normalized spacial score (nSPS) is 11.6. The van der Waals surface area contributed by atoms with Crippen LogP contribution in [-0.2, 0) is 12.0 Å². The molecule has 0 bridgehead atoms. The number of carbonyl (C=O) groups is 1. The van der Waals surface area contributed by atoms with Gasteiger partial charge < -0.3 is 9.84 Å². The van der Waals surface area contributed by atoms with E-state index in [2.05, 4.69) is 24.2 Å². The molecule has 1 aromatic heterocycles. The number of aromatic nitrogens is 2. The number of nitrogens with zero attached hydrogens (tertiary/aromatic N) is 2. The van der Waals surface area contributed by atoms with Gasteiger partial charge in [-0.25, -0.2) is 4.79 Å². The highest BCUT2D eigenvalue weighted by molar-refractivity contribution is 5.89. The van der Waals surface area contributed by atoms with Crippen molar-refractivity contribution in [2.45, 2.75) is 53.5 Å². The lowest BCUT2D eigenvalue weighted by molar-refractivity contribution is 0.0680. The van der Waals surface area contributed by atoms with Gasteiger partial charge in [0.25, 0.3) is 0 Å². The van der Waals surface area contributed by atoms with E-state index < -0.39 is 5.97 Å². The lowest BCUT2D eigenvalue weighted by Crippen LogP contribution is -2.15. The molecule has 0 amide bonds. The predicted octanol–water partition coefficient (Wildman–Crippen LogP) is 3.86. The number of aryl methyl sites for hydroxylation is 3. The first kappa shape index (κ1) is 18.0. The van der Waals surface area contributed by atoms with Crippen LogP contribution in [0.4, 0.5) is 0 Å². The molecule has 0 aliphatic carbocycles. The molecule has 1 N–H and O–H groups in total. The highest BCUT2D eigenvalue weighted by atomic mass is 16.5. The highest BCUT2D eigenvalue weighted by Crippen LogP contribution is 2.34. The molecule has 0 saturated heterocycles. The molecular formula is C19H26N2O3. The molecule has 5 nitrogen and oxygen atoms in total. The molecule has 0 spiro atoms. The maximum absolute atomic E-state index is 11.8. The van der Waals surface area contributed by atoms with Crippen molar-refractivity contribution >= 4 is 5.97 Å². The Morgan fingerprint density at radius 2 is 1.75 bits per heavy atom. The van der Waals surface area contributed by atoms with Crippen LogP contribution in [0.15, 0.2) is 12.1 Å². The van der Waals surface area contributed by atoms with E-state index in [9.17, 15) is 9.90 Å². The van der Waals surface area contributed by atoms with Gasteiger partial charge in [-0.3, -0.25) is 4.68 Å². The Bertz CT molecular complexity index is 760. The number of carboxylic acid groups (broad SMARTS) is 1. The second kappa shape index (κ2) is 6.30. The Labute approximate surface area is 143 Å². The molecular weight excluding hydrogens is 304 g/mol. The summed E-state index contributed by atoms with van der Waals surface area (Å²) in [6.07, 6.45) is 0. The molecule has 2 aromatic rings. The number of hydrogen-bond acceptors (Lipinski definition) is 3. The fourth-order valence-corrected chi connectivity index (χ4v) is 3.06. The molecule has 5 heteroatoms. The lowest BCUT2D eigenvalue weighted by atomic mass is 9.91. The summed E-state index contributed by atoms with van der Waals surface area (Å²) in [7, 11) is 1.49. The first-order chi connectivity index (χ1) is 11.1. The molecule has 24 heavy (non-hydrogen) atoms. The van der Waals surface area contributed by atoms with E-state index in [1.807, 2.05) is 34.6 Å². The average molecular weight is 330 g/mol. The minimum atomic E-state index is -1.03. The van der Waals surface area contributed by atoms with E-state index >= 15 is 0 Å². The molecule has 1 heterocycles. The van der Waals surface area contributed by atoms with Gasteiger partial charge in [-0.15, -0.1) is 0 Å². The molecule has 0 radical (unpaired) electrons. The summed E-state index contributed by atoms with van der Waals surface area (Å²) in [4.78, 5) is 11.8. The van der Waals surface area contributed by atoms with Crippen molar-refractivity contribution in [2.75, 3.05) is 7.11 Å². The Balaban J connectivity index is 2.63. The maximum Gasteiger partial charge on any atom is 0.358 e. The van der Waals surface area contributed by atoms with Crippen LogP contribution < -0.4 is 4.74 Å². The summed E-state index contributed by atoms with van der Waals surface area (Å²) < 4.78 is 6.95. The number of methoxy groups -OCH3 is 1. The van der Waals surface area contributed by atoms with Crippen molar-refractivity contribution in [3.05, 3.63) is 45.8 Å². The van der Waals surface area contributed by atoms with Crippen LogP contribution in [0.2, 0.25) is 0 Å². The SMILES string of the molecule is COc1c(C(C)(C)C)nn(Cc2c(C)cc(C)cc2C)c1C(=O)O. The lowest BCUT2D eigenvalue weighted by Gasteiger charge is -2.16. The molecule has 2 rings (SSSR count). The van der Waals surface area contributed by atoms with Crippen molar-refractivity contribution in [3.8, 4) is 5.75 Å². The topological polar surface area (TPSA) is 64.4 Å². The molecule has 0 aliphatic heterocycles. The first-order valence-corrected chi connectivity index (χ1v) is 8.01. The van der Waals surface area contributed by atoms with Crippen molar-refractivity contribution in [1.29, 1.82) is 0 Å². The standard InChI is InChI=1S/C19H26N2O3/c1-11-8-12(2)14(13(3)9-11)10-21-15(18(22)23)16(24-7)17(20-21)19(4,5)6/h8-9H,10H2,1-7H3,(H,22,23). The quantitative estimate of drug-likeness (QED) is 0.924. The fourth-order valence-electron chi connectivity index (χ4n) is 3.06. The smallest absolute Gasteiger partial charge is 0.358 e. The number of benzene rings is 1. The summed E-state index contributed by atoms with van der Waals surface area (Å²) in [5.74, 6) is -0.685. The fraction of sp³-hybridized carbons (Fsp3) is 0.474. The molecule has 0 fully saturated rings. The van der Waals surface area contributed by atoms with E-state index in [-0.39, 0.29) is 11.1 Å². The van der Waals surface area contributed by atoms with E-state index in [1.165, 1.54) is 12.7 Å². The third-order valence-corrected chi connectivity index (χ3v) is 4.17. The second-order valence-electron chi connectivity index (χ2n) is 7.32. The van der Waals surface area contributed by atoms with Crippen LogP contribution in [0.5, 0.6) is 5.75 Å². The van der Waals surface area contributed by atoms with Gasteiger partial charge in [-0.05, 0) is 37.5 Å². The molecule has 0 atom stereocenters. The zero-order chi connectivity index (χ0) is 18.2. The van der Waals surface area contributed by atoms with Gasteiger partial charge in [-0.1, -0.05) is 38.5 Å². The summed E-state index contributed by atoms with van der Waals surface area (Å²) in [6, 6.07) is 4.21. The van der Waals surface area contributed by atoms with Gasteiger partial charge in [0, 0.05) is 5.41 Å². The first-order valence-electron chi connectivity index (χ1n) is 8.01.